The van der Waals surface area contributed by atoms with Crippen LogP contribution >= 0.6 is 0 Å². The van der Waals surface area contributed by atoms with Crippen LogP contribution in [0.5, 0.6) is 0 Å². The van der Waals surface area contributed by atoms with Gasteiger partial charge in [-0.3, -0.25) is 4.79 Å². The molecule has 0 saturated heterocycles. The minimum atomic E-state index is -0.260. The Labute approximate surface area is 136 Å². The van der Waals surface area contributed by atoms with Crippen molar-refractivity contribution < 1.29 is 9.90 Å². The zero-order valence-corrected chi connectivity index (χ0v) is 13.0. The van der Waals surface area contributed by atoms with Crippen LogP contribution in [0.2, 0.25) is 0 Å². The lowest BCUT2D eigenvalue weighted by Crippen LogP contribution is -2.51. The second-order valence-corrected chi connectivity index (χ2v) is 5.98. The van der Waals surface area contributed by atoms with Crippen molar-refractivity contribution in [1.82, 2.24) is 10.6 Å². The number of amides is 1. The Morgan fingerprint density at radius 1 is 1.13 bits per heavy atom. The van der Waals surface area contributed by atoms with Gasteiger partial charge in [-0.05, 0) is 29.5 Å². The van der Waals surface area contributed by atoms with Gasteiger partial charge >= 0.3 is 0 Å². The Morgan fingerprint density at radius 3 is 2.57 bits per heavy atom. The third kappa shape index (κ3) is 3.97. The summed E-state index contributed by atoms with van der Waals surface area (Å²) in [7, 11) is 0. The van der Waals surface area contributed by atoms with Crippen LogP contribution in [-0.4, -0.2) is 29.7 Å². The fraction of sp³-hybridized carbons (Fsp3) is 0.316. The molecule has 4 nitrogen and oxygen atoms in total. The highest BCUT2D eigenvalue weighted by atomic mass is 16.3. The number of carbonyl (C=O) groups excluding carboxylic acids is 1. The van der Waals surface area contributed by atoms with Gasteiger partial charge < -0.3 is 15.7 Å². The quantitative estimate of drug-likeness (QED) is 0.783. The number of aliphatic hydroxyl groups excluding tert-OH is 1. The largest absolute Gasteiger partial charge is 0.394 e. The molecule has 1 heterocycles. The van der Waals surface area contributed by atoms with Crippen LogP contribution in [0.15, 0.2) is 54.6 Å². The first-order chi connectivity index (χ1) is 11.3. The highest BCUT2D eigenvalue weighted by Crippen LogP contribution is 2.16. The lowest BCUT2D eigenvalue weighted by Gasteiger charge is -2.27. The van der Waals surface area contributed by atoms with Crippen LogP contribution < -0.4 is 10.6 Å². The summed E-state index contributed by atoms with van der Waals surface area (Å²) in [6.45, 7) is 0.640. The van der Waals surface area contributed by atoms with Crippen molar-refractivity contribution in [2.45, 2.75) is 31.5 Å². The zero-order valence-electron chi connectivity index (χ0n) is 13.0. The van der Waals surface area contributed by atoms with Crippen molar-refractivity contribution in [3.8, 4) is 0 Å². The molecule has 0 aliphatic carbocycles. The smallest absolute Gasteiger partial charge is 0.237 e. The van der Waals surface area contributed by atoms with Gasteiger partial charge in [-0.15, -0.1) is 0 Å². The average molecular weight is 310 g/mol. The Hall–Kier alpha value is -2.17. The normalized spacial score (nSPS) is 18.0. The summed E-state index contributed by atoms with van der Waals surface area (Å²) in [5.74, 6) is -0.0468. The van der Waals surface area contributed by atoms with Crippen LogP contribution in [0.3, 0.4) is 0 Å². The van der Waals surface area contributed by atoms with Crippen LogP contribution in [0.25, 0.3) is 0 Å². The summed E-state index contributed by atoms with van der Waals surface area (Å²) in [4.78, 5) is 12.5. The number of nitrogens with one attached hydrogen (secondary N) is 2. The summed E-state index contributed by atoms with van der Waals surface area (Å²) < 4.78 is 0. The van der Waals surface area contributed by atoms with E-state index in [0.29, 0.717) is 19.4 Å². The summed E-state index contributed by atoms with van der Waals surface area (Å²) in [5.41, 5.74) is 3.57. The predicted molar refractivity (Wildman–Crippen MR) is 89.9 cm³/mol. The third-order valence-electron chi connectivity index (χ3n) is 4.29. The van der Waals surface area contributed by atoms with Gasteiger partial charge in [-0.2, -0.15) is 0 Å². The fourth-order valence-electron chi connectivity index (χ4n) is 3.00. The van der Waals surface area contributed by atoms with Crippen molar-refractivity contribution in [1.29, 1.82) is 0 Å². The molecule has 2 aromatic carbocycles. The molecule has 120 valence electrons. The average Bonchev–Trinajstić information content (AvgIpc) is 2.61. The maximum Gasteiger partial charge on any atom is 0.237 e. The molecule has 2 atom stereocenters. The number of hydrogen-bond acceptors (Lipinski definition) is 3. The molecule has 0 unspecified atom stereocenters. The molecule has 1 aliphatic rings. The number of benzene rings is 2. The van der Waals surface area contributed by atoms with Gasteiger partial charge in [0.15, 0.2) is 0 Å². The second kappa shape index (κ2) is 7.40. The number of hydrogen-bond donors (Lipinski definition) is 3. The molecule has 0 spiro atoms. The van der Waals surface area contributed by atoms with Gasteiger partial charge in [0, 0.05) is 6.54 Å². The van der Waals surface area contributed by atoms with Gasteiger partial charge in [-0.25, -0.2) is 0 Å². The molecule has 3 N–H and O–H groups in total. The standard InChI is InChI=1S/C19H22N2O2/c22-13-17(10-14-6-2-1-3-7-14)21-19(23)18-11-15-8-4-5-9-16(15)12-20-18/h1-9,17-18,20,22H,10-13H2,(H,21,23)/t17-,18-/m0/s1. The van der Waals surface area contributed by atoms with E-state index >= 15 is 0 Å². The number of fused-ring (bicyclic) bond motifs is 1. The Balaban J connectivity index is 1.60. The zero-order chi connectivity index (χ0) is 16.1. The van der Waals surface area contributed by atoms with Gasteiger partial charge in [0.1, 0.15) is 0 Å². The molecule has 0 saturated carbocycles. The van der Waals surface area contributed by atoms with E-state index in [-0.39, 0.29) is 24.6 Å². The van der Waals surface area contributed by atoms with E-state index in [1.807, 2.05) is 42.5 Å². The molecule has 0 aromatic heterocycles. The lowest BCUT2D eigenvalue weighted by atomic mass is 9.95. The molecule has 2 aromatic rings. The Kier molecular flexibility index (Phi) is 5.05. The number of carbonyl (C=O) groups is 1. The first-order valence-electron chi connectivity index (χ1n) is 8.01. The molecule has 4 heteroatoms. The first-order valence-corrected chi connectivity index (χ1v) is 8.01. The van der Waals surface area contributed by atoms with E-state index in [0.717, 1.165) is 5.56 Å². The Bertz CT molecular complexity index is 657. The summed E-state index contributed by atoms with van der Waals surface area (Å²) >= 11 is 0. The molecule has 23 heavy (non-hydrogen) atoms. The lowest BCUT2D eigenvalue weighted by molar-refractivity contribution is -0.124. The molecule has 0 radical (unpaired) electrons. The predicted octanol–water partition coefficient (Wildman–Crippen LogP) is 1.42. The van der Waals surface area contributed by atoms with Gasteiger partial charge in [0.05, 0.1) is 18.7 Å². The van der Waals surface area contributed by atoms with E-state index in [1.165, 1.54) is 11.1 Å². The van der Waals surface area contributed by atoms with Crippen molar-refractivity contribution >= 4 is 5.91 Å². The van der Waals surface area contributed by atoms with Crippen molar-refractivity contribution in [3.63, 3.8) is 0 Å². The second-order valence-electron chi connectivity index (χ2n) is 5.98. The Morgan fingerprint density at radius 2 is 1.83 bits per heavy atom. The summed E-state index contributed by atoms with van der Waals surface area (Å²) in [6, 6.07) is 17.6. The third-order valence-corrected chi connectivity index (χ3v) is 4.29. The van der Waals surface area contributed by atoms with Crippen LogP contribution in [-0.2, 0) is 24.2 Å². The first kappa shape index (κ1) is 15.7. The van der Waals surface area contributed by atoms with Gasteiger partial charge in [0.2, 0.25) is 5.91 Å². The van der Waals surface area contributed by atoms with Crippen LogP contribution in [0, 0.1) is 0 Å². The van der Waals surface area contributed by atoms with Gasteiger partial charge in [0.25, 0.3) is 0 Å². The summed E-state index contributed by atoms with van der Waals surface area (Å²) in [5, 5.41) is 15.8. The highest BCUT2D eigenvalue weighted by molar-refractivity contribution is 5.82. The monoisotopic (exact) mass is 310 g/mol. The van der Waals surface area contributed by atoms with Crippen molar-refractivity contribution in [2.75, 3.05) is 6.61 Å². The maximum atomic E-state index is 12.5. The molecular formula is C19H22N2O2. The molecule has 0 bridgehead atoms. The topological polar surface area (TPSA) is 61.4 Å². The molecule has 1 aliphatic heterocycles. The number of aliphatic hydroxyl groups is 1. The van der Waals surface area contributed by atoms with E-state index in [9.17, 15) is 9.90 Å². The van der Waals surface area contributed by atoms with E-state index in [2.05, 4.69) is 22.8 Å². The van der Waals surface area contributed by atoms with Crippen molar-refractivity contribution in [3.05, 3.63) is 71.3 Å². The molecule has 0 fully saturated rings. The maximum absolute atomic E-state index is 12.5. The molecule has 3 rings (SSSR count). The van der Waals surface area contributed by atoms with E-state index in [4.69, 9.17) is 0 Å². The minimum absolute atomic E-state index is 0.0468. The van der Waals surface area contributed by atoms with E-state index in [1.54, 1.807) is 0 Å². The number of rotatable bonds is 5. The van der Waals surface area contributed by atoms with Crippen LogP contribution in [0.1, 0.15) is 16.7 Å². The SMILES string of the molecule is O=C(N[C@H](CO)Cc1ccccc1)[C@@H]1Cc2ccccc2CN1. The summed E-state index contributed by atoms with van der Waals surface area (Å²) in [6.07, 6.45) is 1.32. The molecule has 1 amide bonds. The van der Waals surface area contributed by atoms with Crippen LogP contribution in [0.4, 0.5) is 0 Å². The van der Waals surface area contributed by atoms with Crippen molar-refractivity contribution in [2.24, 2.45) is 0 Å². The molecular weight excluding hydrogens is 288 g/mol. The minimum Gasteiger partial charge on any atom is -0.394 e. The fourth-order valence-corrected chi connectivity index (χ4v) is 3.00. The highest BCUT2D eigenvalue weighted by Gasteiger charge is 2.25. The van der Waals surface area contributed by atoms with E-state index < -0.39 is 0 Å². The van der Waals surface area contributed by atoms with Gasteiger partial charge in [-0.1, -0.05) is 54.6 Å².